The molecule has 0 fully saturated rings. The van der Waals surface area contributed by atoms with Crippen molar-refractivity contribution < 1.29 is 13.9 Å². The van der Waals surface area contributed by atoms with Crippen LogP contribution in [0.4, 0.5) is 9.52 Å². The second-order valence-electron chi connectivity index (χ2n) is 5.76. The number of aryl methyl sites for hydroxylation is 1. The molecule has 27 heavy (non-hydrogen) atoms. The van der Waals surface area contributed by atoms with E-state index in [1.54, 1.807) is 18.2 Å². The molecule has 0 atom stereocenters. The summed E-state index contributed by atoms with van der Waals surface area (Å²) in [7, 11) is 0. The molecule has 3 aromatic rings. The molecule has 3 rings (SSSR count). The van der Waals surface area contributed by atoms with Gasteiger partial charge in [-0.2, -0.15) is 0 Å². The third kappa shape index (κ3) is 5.01. The van der Waals surface area contributed by atoms with Gasteiger partial charge in [0.1, 0.15) is 11.6 Å². The van der Waals surface area contributed by atoms with E-state index in [-0.39, 0.29) is 11.7 Å². The Labute approximate surface area is 161 Å². The molecule has 1 N–H and O–H groups in total. The molecule has 6 heteroatoms. The maximum Gasteiger partial charge on any atom is 0.250 e. The van der Waals surface area contributed by atoms with Gasteiger partial charge in [0.15, 0.2) is 5.13 Å². The second-order valence-corrected chi connectivity index (χ2v) is 6.96. The fraction of sp³-hybridized carbons (Fsp3) is 0.143. The first-order chi connectivity index (χ1) is 13.0. The van der Waals surface area contributed by atoms with Crippen LogP contribution in [0.2, 0.25) is 0 Å². The number of benzene rings is 2. The molecular formula is C21H19FN2O2S. The van der Waals surface area contributed by atoms with Crippen molar-refractivity contribution in [2.75, 3.05) is 11.9 Å². The highest BCUT2D eigenvalue weighted by molar-refractivity contribution is 7.16. The highest BCUT2D eigenvalue weighted by Crippen LogP contribution is 2.31. The number of rotatable bonds is 6. The lowest BCUT2D eigenvalue weighted by Crippen LogP contribution is -2.07. The van der Waals surface area contributed by atoms with Crippen LogP contribution in [0.5, 0.6) is 5.75 Å². The zero-order valence-corrected chi connectivity index (χ0v) is 15.8. The summed E-state index contributed by atoms with van der Waals surface area (Å²) in [5.74, 6) is 0.219. The number of carbonyl (C=O) groups is 1. The zero-order chi connectivity index (χ0) is 19.2. The molecule has 0 unspecified atom stereocenters. The van der Waals surface area contributed by atoms with Crippen LogP contribution in [0, 0.1) is 12.7 Å². The largest absolute Gasteiger partial charge is 0.494 e. The van der Waals surface area contributed by atoms with Crippen LogP contribution in [-0.2, 0) is 4.79 Å². The van der Waals surface area contributed by atoms with Crippen molar-refractivity contribution in [2.24, 2.45) is 0 Å². The van der Waals surface area contributed by atoms with Crippen molar-refractivity contribution in [2.45, 2.75) is 13.8 Å². The van der Waals surface area contributed by atoms with Crippen molar-refractivity contribution in [3.05, 3.63) is 70.9 Å². The number of nitrogens with zero attached hydrogens (tertiary/aromatic N) is 1. The number of ether oxygens (including phenoxy) is 1. The van der Waals surface area contributed by atoms with E-state index in [4.69, 9.17) is 4.74 Å². The van der Waals surface area contributed by atoms with Gasteiger partial charge >= 0.3 is 0 Å². The Hall–Kier alpha value is -2.99. The van der Waals surface area contributed by atoms with E-state index < -0.39 is 0 Å². The van der Waals surface area contributed by atoms with Crippen LogP contribution >= 0.6 is 11.3 Å². The summed E-state index contributed by atoms with van der Waals surface area (Å²) in [5, 5.41) is 3.30. The molecule has 1 heterocycles. The fourth-order valence-corrected chi connectivity index (χ4v) is 3.33. The van der Waals surface area contributed by atoms with Crippen LogP contribution in [0.25, 0.3) is 17.3 Å². The Morgan fingerprint density at radius 1 is 1.19 bits per heavy atom. The van der Waals surface area contributed by atoms with E-state index in [1.807, 2.05) is 38.1 Å². The average Bonchev–Trinajstić information content (AvgIpc) is 3.02. The zero-order valence-electron chi connectivity index (χ0n) is 15.0. The molecular weight excluding hydrogens is 363 g/mol. The molecule has 1 amide bonds. The van der Waals surface area contributed by atoms with Crippen LogP contribution in [0.15, 0.2) is 54.6 Å². The van der Waals surface area contributed by atoms with Crippen LogP contribution in [-0.4, -0.2) is 17.5 Å². The summed E-state index contributed by atoms with van der Waals surface area (Å²) in [4.78, 5) is 17.6. The van der Waals surface area contributed by atoms with E-state index >= 15 is 0 Å². The number of hydrogen-bond acceptors (Lipinski definition) is 4. The van der Waals surface area contributed by atoms with E-state index in [0.717, 1.165) is 27.4 Å². The Bertz CT molecular complexity index is 947. The van der Waals surface area contributed by atoms with Gasteiger partial charge in [0, 0.05) is 16.5 Å². The number of nitrogens with one attached hydrogen (secondary N) is 1. The molecule has 0 saturated heterocycles. The predicted octanol–water partition coefficient (Wildman–Crippen LogP) is 5.31. The van der Waals surface area contributed by atoms with Gasteiger partial charge in [0.2, 0.25) is 5.91 Å². The predicted molar refractivity (Wildman–Crippen MR) is 108 cm³/mol. The van der Waals surface area contributed by atoms with E-state index in [2.05, 4.69) is 10.3 Å². The van der Waals surface area contributed by atoms with Crippen LogP contribution in [0.1, 0.15) is 17.4 Å². The minimum atomic E-state index is -0.309. The minimum Gasteiger partial charge on any atom is -0.494 e. The van der Waals surface area contributed by atoms with Crippen molar-refractivity contribution in [3.8, 4) is 17.0 Å². The van der Waals surface area contributed by atoms with E-state index in [9.17, 15) is 9.18 Å². The molecule has 0 saturated carbocycles. The first kappa shape index (κ1) is 18.8. The van der Waals surface area contributed by atoms with Gasteiger partial charge in [-0.25, -0.2) is 9.37 Å². The van der Waals surface area contributed by atoms with Gasteiger partial charge in [-0.3, -0.25) is 10.1 Å². The monoisotopic (exact) mass is 382 g/mol. The van der Waals surface area contributed by atoms with Gasteiger partial charge in [0.25, 0.3) is 0 Å². The Kier molecular flexibility index (Phi) is 5.98. The van der Waals surface area contributed by atoms with Gasteiger partial charge < -0.3 is 4.74 Å². The highest BCUT2D eigenvalue weighted by atomic mass is 32.1. The smallest absolute Gasteiger partial charge is 0.250 e. The molecule has 1 aromatic heterocycles. The van der Waals surface area contributed by atoms with Crippen LogP contribution in [0.3, 0.4) is 0 Å². The lowest BCUT2D eigenvalue weighted by molar-refractivity contribution is -0.111. The van der Waals surface area contributed by atoms with Gasteiger partial charge in [-0.05, 0) is 61.9 Å². The molecule has 138 valence electrons. The lowest BCUT2D eigenvalue weighted by Gasteiger charge is -2.03. The molecule has 0 spiro atoms. The second kappa shape index (κ2) is 8.60. The Morgan fingerprint density at radius 3 is 2.56 bits per heavy atom. The summed E-state index contributed by atoms with van der Waals surface area (Å²) >= 11 is 1.42. The summed E-state index contributed by atoms with van der Waals surface area (Å²) in [6.45, 7) is 4.53. The average molecular weight is 382 g/mol. The highest BCUT2D eigenvalue weighted by Gasteiger charge is 2.11. The first-order valence-corrected chi connectivity index (χ1v) is 9.32. The Morgan fingerprint density at radius 2 is 1.89 bits per heavy atom. The van der Waals surface area contributed by atoms with Crippen LogP contribution < -0.4 is 10.1 Å². The minimum absolute atomic E-state index is 0.286. The quantitative estimate of drug-likeness (QED) is 0.588. The molecule has 0 aliphatic heterocycles. The van der Waals surface area contributed by atoms with E-state index in [1.165, 1.54) is 29.5 Å². The fourth-order valence-electron chi connectivity index (χ4n) is 2.49. The van der Waals surface area contributed by atoms with Crippen molar-refractivity contribution >= 4 is 28.5 Å². The molecule has 4 nitrogen and oxygen atoms in total. The first-order valence-electron chi connectivity index (χ1n) is 8.50. The number of thiazole rings is 1. The van der Waals surface area contributed by atoms with Crippen molar-refractivity contribution in [3.63, 3.8) is 0 Å². The maximum absolute atomic E-state index is 12.9. The molecule has 0 aliphatic carbocycles. The lowest BCUT2D eigenvalue weighted by atomic mass is 10.1. The van der Waals surface area contributed by atoms with Crippen molar-refractivity contribution in [1.82, 2.24) is 4.98 Å². The van der Waals surface area contributed by atoms with Gasteiger partial charge in [0.05, 0.1) is 12.3 Å². The Balaban J connectivity index is 1.68. The number of anilines is 1. The summed E-state index contributed by atoms with van der Waals surface area (Å²) < 4.78 is 18.3. The third-order valence-corrected chi connectivity index (χ3v) is 4.65. The maximum atomic E-state index is 12.9. The molecule has 0 aliphatic rings. The molecule has 0 radical (unpaired) electrons. The SMILES string of the molecule is CCOc1ccc(-c2nc(NC(=O)/C=C/c3ccc(F)cc3)sc2C)cc1. The topological polar surface area (TPSA) is 51.2 Å². The van der Waals surface area contributed by atoms with Crippen molar-refractivity contribution in [1.29, 1.82) is 0 Å². The number of carbonyl (C=O) groups excluding carboxylic acids is 1. The number of hydrogen-bond donors (Lipinski definition) is 1. The standard InChI is InChI=1S/C21H19FN2O2S/c1-3-26-18-11-7-16(8-12-18)20-14(2)27-21(24-20)23-19(25)13-6-15-4-9-17(22)10-5-15/h4-13H,3H2,1-2H3,(H,23,24,25)/b13-6+. The summed E-state index contributed by atoms with van der Waals surface area (Å²) in [5.41, 5.74) is 2.55. The van der Waals surface area contributed by atoms with Gasteiger partial charge in [-0.1, -0.05) is 12.1 Å². The third-order valence-electron chi connectivity index (χ3n) is 3.76. The van der Waals surface area contributed by atoms with Gasteiger partial charge in [-0.15, -0.1) is 11.3 Å². The van der Waals surface area contributed by atoms with E-state index in [0.29, 0.717) is 11.7 Å². The molecule has 2 aromatic carbocycles. The number of aromatic nitrogens is 1. The summed E-state index contributed by atoms with van der Waals surface area (Å²) in [6, 6.07) is 13.6. The molecule has 0 bridgehead atoms. The summed E-state index contributed by atoms with van der Waals surface area (Å²) in [6.07, 6.45) is 3.03. The number of amides is 1. The number of halogens is 1. The normalized spacial score (nSPS) is 10.9.